The van der Waals surface area contributed by atoms with Crippen LogP contribution in [0.25, 0.3) is 10.9 Å². The van der Waals surface area contributed by atoms with Crippen molar-refractivity contribution in [3.05, 3.63) is 48.5 Å². The first-order valence-electron chi connectivity index (χ1n) is 10.1. The zero-order chi connectivity index (χ0) is 20.7. The topological polar surface area (TPSA) is 84.1 Å². The molecule has 0 bridgehead atoms. The minimum Gasteiger partial charge on any atom is -0.504 e. The van der Waals surface area contributed by atoms with Crippen LogP contribution in [0.15, 0.2) is 58.4 Å². The Bertz CT molecular complexity index is 1220. The van der Waals surface area contributed by atoms with Crippen LogP contribution >= 0.6 is 0 Å². The Balaban J connectivity index is 1.44. The Labute approximate surface area is 175 Å². The first kappa shape index (κ1) is 19.1. The van der Waals surface area contributed by atoms with Crippen LogP contribution in [0.3, 0.4) is 0 Å². The van der Waals surface area contributed by atoms with Crippen molar-refractivity contribution in [3.63, 3.8) is 0 Å². The third kappa shape index (κ3) is 3.16. The van der Waals surface area contributed by atoms with E-state index in [2.05, 4.69) is 4.99 Å². The van der Waals surface area contributed by atoms with Crippen LogP contribution in [0, 0.1) is 0 Å². The maximum atomic E-state index is 13.4. The lowest BCUT2D eigenvalue weighted by Gasteiger charge is -2.24. The number of hydrogen-bond acceptors (Lipinski definition) is 5. The third-order valence-corrected chi connectivity index (χ3v) is 7.74. The summed E-state index contributed by atoms with van der Waals surface area (Å²) in [4.78, 5) is 4.46. The van der Waals surface area contributed by atoms with Crippen LogP contribution in [-0.4, -0.2) is 47.8 Å². The Kier molecular flexibility index (Phi) is 4.75. The molecule has 2 aromatic carbocycles. The van der Waals surface area contributed by atoms with E-state index in [9.17, 15) is 13.5 Å². The number of benzene rings is 2. The number of nitrogens with zero attached hydrogens (tertiary/aromatic N) is 3. The van der Waals surface area contributed by atoms with E-state index < -0.39 is 10.0 Å². The zero-order valence-corrected chi connectivity index (χ0v) is 17.3. The molecule has 0 unspecified atom stereocenters. The molecule has 30 heavy (non-hydrogen) atoms. The molecule has 1 saturated heterocycles. The molecule has 0 saturated carbocycles. The van der Waals surface area contributed by atoms with Gasteiger partial charge in [-0.15, -0.1) is 0 Å². The number of sulfonamides is 1. The van der Waals surface area contributed by atoms with Gasteiger partial charge in [-0.2, -0.15) is 4.31 Å². The van der Waals surface area contributed by atoms with Crippen LogP contribution in [0.4, 0.5) is 5.82 Å². The first-order chi connectivity index (χ1) is 14.6. The number of para-hydroxylation sites is 1. The minimum absolute atomic E-state index is 0.0309. The molecule has 2 aliphatic heterocycles. The molecule has 1 N–H and O–H groups in total. The van der Waals surface area contributed by atoms with Gasteiger partial charge >= 0.3 is 0 Å². The summed E-state index contributed by atoms with van der Waals surface area (Å²) in [6.07, 6.45) is 4.11. The van der Waals surface area contributed by atoms with Crippen molar-refractivity contribution < 1.29 is 18.3 Å². The predicted molar refractivity (Wildman–Crippen MR) is 115 cm³/mol. The molecule has 5 rings (SSSR count). The quantitative estimate of drug-likeness (QED) is 0.676. The zero-order valence-electron chi connectivity index (χ0n) is 16.4. The molecule has 2 aliphatic rings. The van der Waals surface area contributed by atoms with Crippen molar-refractivity contribution in [1.82, 2.24) is 8.87 Å². The Morgan fingerprint density at radius 3 is 2.80 bits per heavy atom. The normalized spacial score (nSPS) is 19.3. The highest BCUT2D eigenvalue weighted by Crippen LogP contribution is 2.41. The van der Waals surface area contributed by atoms with Crippen LogP contribution in [-0.2, 0) is 16.6 Å². The number of aliphatic imine (C=N–C) groups is 1. The molecule has 8 heteroatoms. The van der Waals surface area contributed by atoms with Gasteiger partial charge in [-0.05, 0) is 43.2 Å². The molecular weight excluding hydrogens is 402 g/mol. The van der Waals surface area contributed by atoms with E-state index in [1.54, 1.807) is 24.4 Å². The van der Waals surface area contributed by atoms with E-state index in [0.717, 1.165) is 30.5 Å². The molecule has 0 radical (unpaired) electrons. The molecule has 7 nitrogen and oxygen atoms in total. The number of hydrogen-bond donors (Lipinski definition) is 1. The number of aromatic hydroxyl groups is 1. The second-order valence-corrected chi connectivity index (χ2v) is 9.53. The van der Waals surface area contributed by atoms with Crippen molar-refractivity contribution in [1.29, 1.82) is 0 Å². The Morgan fingerprint density at radius 1 is 1.13 bits per heavy atom. The van der Waals surface area contributed by atoms with Gasteiger partial charge in [-0.3, -0.25) is 0 Å². The molecular formula is C22H23N3O4S. The van der Waals surface area contributed by atoms with Gasteiger partial charge in [0.25, 0.3) is 0 Å². The summed E-state index contributed by atoms with van der Waals surface area (Å²) < 4.78 is 36.1. The Hall–Kier alpha value is -2.84. The molecule has 156 valence electrons. The summed E-state index contributed by atoms with van der Waals surface area (Å²) in [5, 5.41) is 11.1. The highest BCUT2D eigenvalue weighted by atomic mass is 32.2. The summed E-state index contributed by atoms with van der Waals surface area (Å²) in [7, 11) is -3.71. The molecule has 1 aromatic heterocycles. The molecule has 1 atom stereocenters. The first-order valence-corrected chi connectivity index (χ1v) is 11.6. The number of aromatic nitrogens is 1. The maximum Gasteiger partial charge on any atom is 0.243 e. The third-order valence-electron chi connectivity index (χ3n) is 5.79. The number of aryl methyl sites for hydroxylation is 1. The predicted octanol–water partition coefficient (Wildman–Crippen LogP) is 3.69. The summed E-state index contributed by atoms with van der Waals surface area (Å²) in [6.45, 7) is 1.49. The number of rotatable bonds is 5. The fourth-order valence-electron chi connectivity index (χ4n) is 4.29. The van der Waals surface area contributed by atoms with Crippen LogP contribution in [0.2, 0.25) is 0 Å². The maximum absolute atomic E-state index is 13.4. The average Bonchev–Trinajstić information content (AvgIpc) is 3.37. The van der Waals surface area contributed by atoms with Crippen LogP contribution < -0.4 is 4.74 Å². The highest BCUT2D eigenvalue weighted by Gasteiger charge is 2.36. The summed E-state index contributed by atoms with van der Waals surface area (Å²) in [5.41, 5.74) is 0.795. The van der Waals surface area contributed by atoms with Gasteiger partial charge in [-0.25, -0.2) is 13.4 Å². The minimum atomic E-state index is -3.71. The Morgan fingerprint density at radius 2 is 1.97 bits per heavy atom. The van der Waals surface area contributed by atoms with Crippen molar-refractivity contribution >= 4 is 33.0 Å². The van der Waals surface area contributed by atoms with Crippen molar-refractivity contribution in [3.8, 4) is 11.5 Å². The number of fused-ring (bicyclic) bond motifs is 3. The summed E-state index contributed by atoms with van der Waals surface area (Å²) in [6, 6.07) is 14.1. The van der Waals surface area contributed by atoms with Gasteiger partial charge < -0.3 is 14.4 Å². The fourth-order valence-corrected chi connectivity index (χ4v) is 6.00. The van der Waals surface area contributed by atoms with Gasteiger partial charge in [0.2, 0.25) is 10.0 Å². The molecule has 0 amide bonds. The van der Waals surface area contributed by atoms with E-state index in [1.165, 1.54) is 4.31 Å². The molecule has 0 spiro atoms. The second-order valence-electron chi connectivity index (χ2n) is 7.64. The van der Waals surface area contributed by atoms with E-state index in [-0.39, 0.29) is 16.7 Å². The molecule has 3 heterocycles. The van der Waals surface area contributed by atoms with E-state index in [1.807, 2.05) is 34.9 Å². The van der Waals surface area contributed by atoms with E-state index in [4.69, 9.17) is 4.74 Å². The van der Waals surface area contributed by atoms with E-state index >= 15 is 0 Å². The lowest BCUT2D eigenvalue weighted by Crippen LogP contribution is -2.39. The monoisotopic (exact) mass is 425 g/mol. The summed E-state index contributed by atoms with van der Waals surface area (Å²) in [5.74, 6) is 1.25. The van der Waals surface area contributed by atoms with Crippen molar-refractivity contribution in [2.24, 2.45) is 4.99 Å². The van der Waals surface area contributed by atoms with Gasteiger partial charge in [-0.1, -0.05) is 18.2 Å². The summed E-state index contributed by atoms with van der Waals surface area (Å²) >= 11 is 0. The largest absolute Gasteiger partial charge is 0.504 e. The van der Waals surface area contributed by atoms with Gasteiger partial charge in [0.1, 0.15) is 12.4 Å². The molecule has 0 aliphatic carbocycles. The van der Waals surface area contributed by atoms with E-state index in [0.29, 0.717) is 30.9 Å². The van der Waals surface area contributed by atoms with Crippen molar-refractivity contribution in [2.75, 3.05) is 13.2 Å². The fraction of sp³-hybridized carbons (Fsp3) is 0.318. The second kappa shape index (κ2) is 7.45. The smallest absolute Gasteiger partial charge is 0.243 e. The highest BCUT2D eigenvalue weighted by molar-refractivity contribution is 7.89. The van der Waals surface area contributed by atoms with Gasteiger partial charge in [0.05, 0.1) is 16.5 Å². The van der Waals surface area contributed by atoms with Crippen molar-refractivity contribution in [2.45, 2.75) is 36.7 Å². The molecule has 1 fully saturated rings. The van der Waals surface area contributed by atoms with Gasteiger partial charge in [0.15, 0.2) is 11.6 Å². The average molecular weight is 426 g/mol. The number of ether oxygens (including phenoxy) is 1. The standard InChI is InChI=1S/C22H23N3O4S/c26-21-19-14-18(9-10-20(19)24-12-5-11-23-22(21)24)30(27,28)25-13-4-6-16(25)15-29-17-7-2-1-3-8-17/h1-3,7-11,14,16,26H,4-6,12-13,15H2/t16-/m0/s1. The van der Waals surface area contributed by atoms with Crippen LogP contribution in [0.1, 0.15) is 19.3 Å². The lowest BCUT2D eigenvalue weighted by molar-refractivity contribution is 0.232. The molecule has 3 aromatic rings. The lowest BCUT2D eigenvalue weighted by atomic mass is 10.2. The van der Waals surface area contributed by atoms with Gasteiger partial charge in [0, 0.05) is 31.1 Å². The SMILES string of the molecule is O=S(=O)(c1ccc2c(c1)c(O)c1n2CCC=N1)N1CCC[C@H]1COc1ccccc1. The van der Waals surface area contributed by atoms with Crippen LogP contribution in [0.5, 0.6) is 11.5 Å².